The Morgan fingerprint density at radius 2 is 2.06 bits per heavy atom. The number of aliphatic hydroxyl groups excluding tert-OH is 1. The van der Waals surface area contributed by atoms with Crippen LogP contribution < -0.4 is 10.1 Å². The lowest BCUT2D eigenvalue weighted by atomic mass is 9.98. The summed E-state index contributed by atoms with van der Waals surface area (Å²) in [5, 5.41) is 24.4. The molecular formula is C28H37N3O4. The van der Waals surface area contributed by atoms with E-state index in [4.69, 9.17) is 9.84 Å². The second-order valence-corrected chi connectivity index (χ2v) is 8.95. The Morgan fingerprint density at radius 1 is 1.26 bits per heavy atom. The highest BCUT2D eigenvalue weighted by Crippen LogP contribution is 2.29. The lowest BCUT2D eigenvalue weighted by Crippen LogP contribution is -2.43. The normalized spacial score (nSPS) is 15.7. The maximum Gasteiger partial charge on any atom is 0.328 e. The van der Waals surface area contributed by atoms with E-state index in [0.29, 0.717) is 29.5 Å². The Hall–Kier alpha value is -2.92. The molecule has 2 heterocycles. The number of piperidine rings is 1. The number of benzene rings is 1. The molecule has 0 saturated carbocycles. The minimum Gasteiger partial charge on any atom is -0.481 e. The molecule has 1 aromatic heterocycles. The number of nitrogens with zero attached hydrogens (tertiary/aromatic N) is 2. The van der Waals surface area contributed by atoms with Gasteiger partial charge in [-0.15, -0.1) is 5.92 Å². The van der Waals surface area contributed by atoms with E-state index in [9.17, 15) is 9.90 Å². The number of hydrogen-bond donors (Lipinski definition) is 3. The predicted molar refractivity (Wildman–Crippen MR) is 139 cm³/mol. The first-order valence-electron chi connectivity index (χ1n) is 12.5. The number of methoxy groups -OCH3 is 1. The Balaban J connectivity index is 1.59. The van der Waals surface area contributed by atoms with Gasteiger partial charge in [-0.1, -0.05) is 37.8 Å². The van der Waals surface area contributed by atoms with E-state index < -0.39 is 12.1 Å². The Kier molecular flexibility index (Phi) is 10.5. The fourth-order valence-electron chi connectivity index (χ4n) is 4.40. The molecule has 0 spiro atoms. The SMILES string of the molecule is CCCCCC#CCNC1CCN(CC(O)c2ccc(/C=C/C(=O)O)c3ccc(OC)nc23)CC1. The van der Waals surface area contributed by atoms with Crippen molar-refractivity contribution in [1.29, 1.82) is 0 Å². The summed E-state index contributed by atoms with van der Waals surface area (Å²) < 4.78 is 5.29. The zero-order valence-electron chi connectivity index (χ0n) is 20.8. The number of aromatic nitrogens is 1. The van der Waals surface area contributed by atoms with Crippen molar-refractivity contribution >= 4 is 22.9 Å². The van der Waals surface area contributed by atoms with E-state index in [-0.39, 0.29) is 0 Å². The maximum absolute atomic E-state index is 11.1. The fourth-order valence-corrected chi connectivity index (χ4v) is 4.40. The van der Waals surface area contributed by atoms with Gasteiger partial charge in [0.1, 0.15) is 0 Å². The van der Waals surface area contributed by atoms with Gasteiger partial charge < -0.3 is 25.2 Å². The molecule has 1 atom stereocenters. The highest BCUT2D eigenvalue weighted by molar-refractivity contribution is 5.94. The van der Waals surface area contributed by atoms with Gasteiger partial charge in [0.2, 0.25) is 5.88 Å². The van der Waals surface area contributed by atoms with Crippen molar-refractivity contribution in [1.82, 2.24) is 15.2 Å². The predicted octanol–water partition coefficient (Wildman–Crippen LogP) is 4.01. The molecule has 35 heavy (non-hydrogen) atoms. The van der Waals surface area contributed by atoms with Crippen LogP contribution in [0.25, 0.3) is 17.0 Å². The Labute approximate surface area is 208 Å². The van der Waals surface area contributed by atoms with E-state index in [0.717, 1.165) is 55.9 Å². The minimum absolute atomic E-state index is 0.450. The fraction of sp³-hybridized carbons (Fsp3) is 0.500. The summed E-state index contributed by atoms with van der Waals surface area (Å²) in [6.07, 6.45) is 8.62. The zero-order valence-corrected chi connectivity index (χ0v) is 20.8. The highest BCUT2D eigenvalue weighted by Gasteiger charge is 2.23. The second kappa shape index (κ2) is 13.8. The van der Waals surface area contributed by atoms with Gasteiger partial charge in [0.25, 0.3) is 0 Å². The molecular weight excluding hydrogens is 442 g/mol. The van der Waals surface area contributed by atoms with Crippen LogP contribution >= 0.6 is 0 Å². The van der Waals surface area contributed by atoms with Gasteiger partial charge in [0, 0.05) is 42.1 Å². The van der Waals surface area contributed by atoms with E-state index in [2.05, 4.69) is 34.0 Å². The number of rotatable bonds is 11. The number of aliphatic carboxylic acids is 1. The number of unbranched alkanes of at least 4 members (excludes halogenated alkanes) is 3. The van der Waals surface area contributed by atoms with Crippen LogP contribution in [-0.2, 0) is 4.79 Å². The molecule has 1 unspecified atom stereocenters. The van der Waals surface area contributed by atoms with Gasteiger partial charge in [-0.3, -0.25) is 0 Å². The number of β-amino-alcohol motifs (C(OH)–C–C–N with tert-alkyl or cyclic N) is 1. The maximum atomic E-state index is 11.1. The van der Waals surface area contributed by atoms with E-state index in [1.54, 1.807) is 19.3 Å². The Morgan fingerprint density at radius 3 is 2.77 bits per heavy atom. The second-order valence-electron chi connectivity index (χ2n) is 8.95. The van der Waals surface area contributed by atoms with Gasteiger partial charge in [-0.2, -0.15) is 0 Å². The average molecular weight is 480 g/mol. The molecule has 3 rings (SSSR count). The summed E-state index contributed by atoms with van der Waals surface area (Å²) in [5.41, 5.74) is 2.07. The van der Waals surface area contributed by atoms with Crippen LogP contribution in [0.5, 0.6) is 5.88 Å². The highest BCUT2D eigenvalue weighted by atomic mass is 16.5. The standard InChI is InChI=1S/C28H37N3O4/c1-3-4-5-6-7-8-17-29-22-15-18-31(19-16-22)20-25(32)24-11-9-21(10-14-27(33)34)23-12-13-26(35-2)30-28(23)24/h9-14,22,25,29,32H,3-6,15-20H2,1-2H3,(H,33,34)/b14-10+. The molecule has 0 aliphatic carbocycles. The van der Waals surface area contributed by atoms with Crippen molar-refractivity contribution in [3.8, 4) is 17.7 Å². The van der Waals surface area contributed by atoms with Crippen molar-refractivity contribution in [2.45, 2.75) is 57.6 Å². The van der Waals surface area contributed by atoms with Crippen LogP contribution in [0.15, 0.2) is 30.3 Å². The van der Waals surface area contributed by atoms with Crippen LogP contribution in [-0.4, -0.2) is 65.4 Å². The zero-order chi connectivity index (χ0) is 25.0. The van der Waals surface area contributed by atoms with Gasteiger partial charge in [0.15, 0.2) is 0 Å². The smallest absolute Gasteiger partial charge is 0.328 e. The van der Waals surface area contributed by atoms with Crippen LogP contribution in [0.4, 0.5) is 0 Å². The molecule has 0 amide bonds. The molecule has 2 aromatic rings. The third-order valence-electron chi connectivity index (χ3n) is 6.40. The lowest BCUT2D eigenvalue weighted by Gasteiger charge is -2.33. The number of hydrogen-bond acceptors (Lipinski definition) is 6. The van der Waals surface area contributed by atoms with E-state index in [1.165, 1.54) is 19.3 Å². The minimum atomic E-state index is -1.01. The van der Waals surface area contributed by atoms with Crippen LogP contribution in [0, 0.1) is 11.8 Å². The first-order chi connectivity index (χ1) is 17.0. The molecule has 1 fully saturated rings. The van der Waals surface area contributed by atoms with Gasteiger partial charge in [-0.25, -0.2) is 9.78 Å². The largest absolute Gasteiger partial charge is 0.481 e. The van der Waals surface area contributed by atoms with E-state index >= 15 is 0 Å². The number of ether oxygens (including phenoxy) is 1. The third-order valence-corrected chi connectivity index (χ3v) is 6.40. The molecule has 1 aliphatic heterocycles. The summed E-state index contributed by atoms with van der Waals surface area (Å²) >= 11 is 0. The number of likely N-dealkylation sites (tertiary alicyclic amines) is 1. The molecule has 3 N–H and O–H groups in total. The average Bonchev–Trinajstić information content (AvgIpc) is 2.87. The number of aliphatic hydroxyl groups is 1. The first-order valence-corrected chi connectivity index (χ1v) is 12.5. The monoisotopic (exact) mass is 479 g/mol. The summed E-state index contributed by atoms with van der Waals surface area (Å²) in [4.78, 5) is 17.8. The quantitative estimate of drug-likeness (QED) is 0.255. The van der Waals surface area contributed by atoms with E-state index in [1.807, 2.05) is 18.2 Å². The molecule has 7 nitrogen and oxygen atoms in total. The number of carboxylic acids is 1. The van der Waals surface area contributed by atoms with Crippen molar-refractivity contribution in [2.75, 3.05) is 33.3 Å². The lowest BCUT2D eigenvalue weighted by molar-refractivity contribution is -0.131. The molecule has 1 aromatic carbocycles. The third kappa shape index (κ3) is 8.07. The van der Waals surface area contributed by atoms with Crippen molar-refractivity contribution in [2.24, 2.45) is 0 Å². The van der Waals surface area contributed by atoms with Crippen molar-refractivity contribution in [3.05, 3.63) is 41.5 Å². The molecule has 0 bridgehead atoms. The first kappa shape index (κ1) is 26.7. The van der Waals surface area contributed by atoms with Gasteiger partial charge >= 0.3 is 5.97 Å². The van der Waals surface area contributed by atoms with Gasteiger partial charge in [0.05, 0.1) is 25.3 Å². The van der Waals surface area contributed by atoms with Crippen LogP contribution in [0.2, 0.25) is 0 Å². The summed E-state index contributed by atoms with van der Waals surface area (Å²) in [6, 6.07) is 7.70. The van der Waals surface area contributed by atoms with Crippen molar-refractivity contribution < 1.29 is 19.7 Å². The van der Waals surface area contributed by atoms with Crippen molar-refractivity contribution in [3.63, 3.8) is 0 Å². The summed E-state index contributed by atoms with van der Waals surface area (Å²) in [5.74, 6) is 5.92. The topological polar surface area (TPSA) is 94.9 Å². The Bertz CT molecular complexity index is 1070. The van der Waals surface area contributed by atoms with Crippen LogP contribution in [0.1, 0.15) is 62.7 Å². The van der Waals surface area contributed by atoms with Crippen LogP contribution in [0.3, 0.4) is 0 Å². The number of pyridine rings is 1. The van der Waals surface area contributed by atoms with Gasteiger partial charge in [-0.05, 0) is 50.1 Å². The summed E-state index contributed by atoms with van der Waals surface area (Å²) in [6.45, 7) is 5.28. The molecule has 1 aliphatic rings. The number of carboxylic acid groups (broad SMARTS) is 1. The molecule has 7 heteroatoms. The summed E-state index contributed by atoms with van der Waals surface area (Å²) in [7, 11) is 1.55. The number of nitrogens with one attached hydrogen (secondary N) is 1. The number of carbonyl (C=O) groups is 1. The molecule has 1 saturated heterocycles. The molecule has 188 valence electrons. The molecule has 0 radical (unpaired) electrons. The number of fused-ring (bicyclic) bond motifs is 1.